The Morgan fingerprint density at radius 2 is 2.20 bits per heavy atom. The zero-order valence-corrected chi connectivity index (χ0v) is 14.0. The number of likely N-dealkylation sites (tertiary alicyclic amines) is 1. The van der Waals surface area contributed by atoms with E-state index in [1.807, 2.05) is 0 Å². The van der Waals surface area contributed by atoms with Gasteiger partial charge in [-0.15, -0.1) is 0 Å². The highest BCUT2D eigenvalue weighted by atomic mass is 16.5. The van der Waals surface area contributed by atoms with Gasteiger partial charge in [-0.1, -0.05) is 5.16 Å². The predicted molar refractivity (Wildman–Crippen MR) is 88.9 cm³/mol. The molecule has 2 amide bonds. The molecule has 8 nitrogen and oxygen atoms in total. The number of aromatic nitrogens is 2. The summed E-state index contributed by atoms with van der Waals surface area (Å²) in [6.07, 6.45) is 4.43. The fraction of sp³-hybridized carbons (Fsp3) is 0.412. The maximum atomic E-state index is 12.2. The van der Waals surface area contributed by atoms with Crippen molar-refractivity contribution in [1.82, 2.24) is 15.0 Å². The second kappa shape index (κ2) is 7.78. The molecule has 0 spiro atoms. The minimum absolute atomic E-state index is 0.0270. The first-order valence-electron chi connectivity index (χ1n) is 8.16. The van der Waals surface area contributed by atoms with E-state index < -0.39 is 0 Å². The van der Waals surface area contributed by atoms with Crippen LogP contribution in [0.15, 0.2) is 35.1 Å². The molecule has 0 bridgehead atoms. The number of pyridine rings is 1. The van der Waals surface area contributed by atoms with Gasteiger partial charge in [0.05, 0.1) is 6.20 Å². The lowest BCUT2D eigenvalue weighted by atomic mass is 9.96. The number of rotatable bonds is 5. The van der Waals surface area contributed by atoms with E-state index in [0.29, 0.717) is 43.3 Å². The number of carbonyl (C=O) groups is 2. The fourth-order valence-corrected chi connectivity index (χ4v) is 2.71. The summed E-state index contributed by atoms with van der Waals surface area (Å²) >= 11 is 0. The van der Waals surface area contributed by atoms with Crippen LogP contribution in [0.5, 0.6) is 5.75 Å². The minimum Gasteiger partial charge on any atom is -0.482 e. The van der Waals surface area contributed by atoms with Gasteiger partial charge in [0, 0.05) is 31.3 Å². The summed E-state index contributed by atoms with van der Waals surface area (Å²) in [5.41, 5.74) is 0. The van der Waals surface area contributed by atoms with Crippen molar-refractivity contribution in [2.45, 2.75) is 19.8 Å². The zero-order valence-electron chi connectivity index (χ0n) is 14.0. The molecule has 132 valence electrons. The van der Waals surface area contributed by atoms with Gasteiger partial charge in [0.1, 0.15) is 11.5 Å². The zero-order chi connectivity index (χ0) is 17.6. The average molecular weight is 344 g/mol. The number of nitrogens with zero attached hydrogens (tertiary/aromatic N) is 3. The van der Waals surface area contributed by atoms with Gasteiger partial charge in [-0.3, -0.25) is 14.6 Å². The highest BCUT2D eigenvalue weighted by Gasteiger charge is 2.28. The van der Waals surface area contributed by atoms with E-state index in [1.54, 1.807) is 42.4 Å². The fourth-order valence-electron chi connectivity index (χ4n) is 2.71. The summed E-state index contributed by atoms with van der Waals surface area (Å²) < 4.78 is 10.4. The Kier molecular flexibility index (Phi) is 5.27. The molecule has 0 aliphatic carbocycles. The van der Waals surface area contributed by atoms with Crippen LogP contribution in [0, 0.1) is 12.8 Å². The van der Waals surface area contributed by atoms with Gasteiger partial charge < -0.3 is 19.5 Å². The second-order valence-electron chi connectivity index (χ2n) is 5.94. The van der Waals surface area contributed by atoms with Crippen molar-refractivity contribution in [3.63, 3.8) is 0 Å². The van der Waals surface area contributed by atoms with Crippen LogP contribution in [0.2, 0.25) is 0 Å². The maximum Gasteiger partial charge on any atom is 0.260 e. The van der Waals surface area contributed by atoms with E-state index in [1.165, 1.54) is 0 Å². The van der Waals surface area contributed by atoms with Crippen molar-refractivity contribution in [2.24, 2.45) is 5.92 Å². The summed E-state index contributed by atoms with van der Waals surface area (Å²) in [6.45, 7) is 2.80. The Morgan fingerprint density at radius 1 is 1.40 bits per heavy atom. The third kappa shape index (κ3) is 4.56. The Bertz CT molecular complexity index is 723. The third-order valence-corrected chi connectivity index (χ3v) is 4.09. The molecule has 3 rings (SSSR count). The number of aryl methyl sites for hydroxylation is 1. The van der Waals surface area contributed by atoms with Crippen molar-refractivity contribution in [2.75, 3.05) is 25.0 Å². The summed E-state index contributed by atoms with van der Waals surface area (Å²) in [6, 6.07) is 5.18. The molecular weight excluding hydrogens is 324 g/mol. The number of carbonyl (C=O) groups excluding carboxylic acids is 2. The highest BCUT2D eigenvalue weighted by molar-refractivity contribution is 5.91. The van der Waals surface area contributed by atoms with Crippen LogP contribution in [-0.4, -0.2) is 46.6 Å². The van der Waals surface area contributed by atoms with Crippen LogP contribution < -0.4 is 10.1 Å². The molecule has 8 heteroatoms. The van der Waals surface area contributed by atoms with Gasteiger partial charge in [-0.05, 0) is 31.9 Å². The van der Waals surface area contributed by atoms with Gasteiger partial charge in [0.25, 0.3) is 5.91 Å². The Morgan fingerprint density at radius 3 is 2.84 bits per heavy atom. The second-order valence-corrected chi connectivity index (χ2v) is 5.94. The lowest BCUT2D eigenvalue weighted by molar-refractivity contribution is -0.136. The number of anilines is 1. The average Bonchev–Trinajstić information content (AvgIpc) is 3.05. The summed E-state index contributed by atoms with van der Waals surface area (Å²) in [4.78, 5) is 30.1. The summed E-state index contributed by atoms with van der Waals surface area (Å²) in [7, 11) is 0. The molecule has 1 N–H and O–H groups in total. The van der Waals surface area contributed by atoms with Crippen molar-refractivity contribution in [1.29, 1.82) is 0 Å². The van der Waals surface area contributed by atoms with Crippen LogP contribution >= 0.6 is 0 Å². The Balaban J connectivity index is 1.43. The predicted octanol–water partition coefficient (Wildman–Crippen LogP) is 1.63. The lowest BCUT2D eigenvalue weighted by Gasteiger charge is -2.31. The third-order valence-electron chi connectivity index (χ3n) is 4.09. The van der Waals surface area contributed by atoms with Gasteiger partial charge >= 0.3 is 0 Å². The van der Waals surface area contributed by atoms with E-state index in [4.69, 9.17) is 9.26 Å². The van der Waals surface area contributed by atoms with Crippen molar-refractivity contribution < 1.29 is 18.8 Å². The van der Waals surface area contributed by atoms with Crippen LogP contribution in [-0.2, 0) is 9.59 Å². The summed E-state index contributed by atoms with van der Waals surface area (Å²) in [5.74, 6) is 1.31. The smallest absolute Gasteiger partial charge is 0.260 e. The number of hydrogen-bond donors (Lipinski definition) is 1. The SMILES string of the molecule is Cc1cc(NC(=O)C2CCN(C(=O)COc3cccnc3)CC2)no1. The molecule has 0 saturated carbocycles. The molecule has 2 aromatic heterocycles. The van der Waals surface area contributed by atoms with Crippen LogP contribution in [0.1, 0.15) is 18.6 Å². The maximum absolute atomic E-state index is 12.2. The topological polar surface area (TPSA) is 97.6 Å². The Labute approximate surface area is 145 Å². The molecule has 1 fully saturated rings. The van der Waals surface area contributed by atoms with Gasteiger partial charge in [0.15, 0.2) is 12.4 Å². The molecule has 0 atom stereocenters. The van der Waals surface area contributed by atoms with Gasteiger partial charge in [0.2, 0.25) is 5.91 Å². The molecule has 25 heavy (non-hydrogen) atoms. The minimum atomic E-state index is -0.139. The molecule has 1 saturated heterocycles. The van der Waals surface area contributed by atoms with E-state index >= 15 is 0 Å². The van der Waals surface area contributed by atoms with E-state index in [0.717, 1.165) is 0 Å². The lowest BCUT2D eigenvalue weighted by Crippen LogP contribution is -2.43. The van der Waals surface area contributed by atoms with E-state index in [9.17, 15) is 9.59 Å². The van der Waals surface area contributed by atoms with Crippen LogP contribution in [0.4, 0.5) is 5.82 Å². The summed E-state index contributed by atoms with van der Waals surface area (Å²) in [5, 5.41) is 6.50. The number of piperidine rings is 1. The van der Waals surface area contributed by atoms with Crippen molar-refractivity contribution in [3.8, 4) is 5.75 Å². The number of nitrogens with one attached hydrogen (secondary N) is 1. The molecule has 0 unspecified atom stereocenters. The van der Waals surface area contributed by atoms with Gasteiger partial charge in [-0.25, -0.2) is 0 Å². The first-order valence-corrected chi connectivity index (χ1v) is 8.16. The monoisotopic (exact) mass is 344 g/mol. The standard InChI is InChI=1S/C17H20N4O4/c1-12-9-15(20-25-12)19-17(23)13-4-7-21(8-5-13)16(22)11-24-14-3-2-6-18-10-14/h2-3,6,9-10,13H,4-5,7-8,11H2,1H3,(H,19,20,23). The highest BCUT2D eigenvalue weighted by Crippen LogP contribution is 2.20. The Hall–Kier alpha value is -2.90. The first kappa shape index (κ1) is 16.9. The van der Waals surface area contributed by atoms with Crippen LogP contribution in [0.25, 0.3) is 0 Å². The first-order chi connectivity index (χ1) is 12.1. The molecular formula is C17H20N4O4. The molecule has 1 aliphatic rings. The van der Waals surface area contributed by atoms with E-state index in [2.05, 4.69) is 15.5 Å². The molecule has 1 aliphatic heterocycles. The van der Waals surface area contributed by atoms with Crippen LogP contribution in [0.3, 0.4) is 0 Å². The molecule has 0 radical (unpaired) electrons. The number of ether oxygens (including phenoxy) is 1. The largest absolute Gasteiger partial charge is 0.482 e. The quantitative estimate of drug-likeness (QED) is 0.885. The number of hydrogen-bond acceptors (Lipinski definition) is 6. The van der Waals surface area contributed by atoms with Crippen molar-refractivity contribution in [3.05, 3.63) is 36.4 Å². The molecule has 0 aromatic carbocycles. The van der Waals surface area contributed by atoms with Gasteiger partial charge in [-0.2, -0.15) is 0 Å². The molecule has 3 heterocycles. The molecule has 2 aromatic rings. The number of amides is 2. The van der Waals surface area contributed by atoms with E-state index in [-0.39, 0.29) is 24.3 Å². The normalized spacial score (nSPS) is 15.0. The van der Waals surface area contributed by atoms with Crippen molar-refractivity contribution >= 4 is 17.6 Å².